The molecule has 3 nitrogen and oxygen atoms in total. The standard InChI is InChI=1S/C16H22N2O/c1-4-10-18(11-13-8-9-13)14-6-5-7-15(19-3)16(14)12(2)17/h1,5-7,12-13H,8-11,17H2,2-3H3. The number of nitrogens with two attached hydrogens (primary N) is 1. The van der Waals surface area contributed by atoms with E-state index < -0.39 is 0 Å². The first-order chi connectivity index (χ1) is 9.17. The third kappa shape index (κ3) is 3.21. The highest BCUT2D eigenvalue weighted by atomic mass is 16.5. The zero-order valence-electron chi connectivity index (χ0n) is 11.7. The molecule has 2 rings (SSSR count). The topological polar surface area (TPSA) is 38.5 Å². The molecule has 0 heterocycles. The fourth-order valence-corrected chi connectivity index (χ4v) is 2.41. The lowest BCUT2D eigenvalue weighted by molar-refractivity contribution is 0.407. The van der Waals surface area contributed by atoms with E-state index in [9.17, 15) is 0 Å². The summed E-state index contributed by atoms with van der Waals surface area (Å²) in [6.07, 6.45) is 8.11. The van der Waals surface area contributed by atoms with E-state index in [1.807, 2.05) is 19.1 Å². The lowest BCUT2D eigenvalue weighted by Gasteiger charge is -2.27. The quantitative estimate of drug-likeness (QED) is 0.797. The molecule has 1 aromatic carbocycles. The molecule has 0 spiro atoms. The van der Waals surface area contributed by atoms with Crippen LogP contribution < -0.4 is 15.4 Å². The molecule has 0 saturated heterocycles. The summed E-state index contributed by atoms with van der Waals surface area (Å²) < 4.78 is 5.44. The van der Waals surface area contributed by atoms with Gasteiger partial charge in [0.05, 0.1) is 13.7 Å². The summed E-state index contributed by atoms with van der Waals surface area (Å²) in [5.74, 6) is 4.36. The van der Waals surface area contributed by atoms with Gasteiger partial charge in [-0.2, -0.15) is 0 Å². The molecule has 0 aromatic heterocycles. The van der Waals surface area contributed by atoms with Gasteiger partial charge in [0.15, 0.2) is 0 Å². The second-order valence-corrected chi connectivity index (χ2v) is 5.21. The van der Waals surface area contributed by atoms with E-state index >= 15 is 0 Å². The van der Waals surface area contributed by atoms with Crippen molar-refractivity contribution in [3.05, 3.63) is 23.8 Å². The van der Waals surface area contributed by atoms with Crippen LogP contribution in [0.5, 0.6) is 5.75 Å². The van der Waals surface area contributed by atoms with E-state index in [-0.39, 0.29) is 6.04 Å². The van der Waals surface area contributed by atoms with Gasteiger partial charge >= 0.3 is 0 Å². The highest BCUT2D eigenvalue weighted by Gasteiger charge is 2.26. The maximum absolute atomic E-state index is 6.11. The van der Waals surface area contributed by atoms with Crippen LogP contribution in [0.25, 0.3) is 0 Å². The summed E-state index contributed by atoms with van der Waals surface area (Å²) in [5.41, 5.74) is 8.27. The second-order valence-electron chi connectivity index (χ2n) is 5.21. The average molecular weight is 258 g/mol. The van der Waals surface area contributed by atoms with Crippen molar-refractivity contribution >= 4 is 5.69 Å². The van der Waals surface area contributed by atoms with Crippen molar-refractivity contribution in [1.29, 1.82) is 0 Å². The van der Waals surface area contributed by atoms with Crippen molar-refractivity contribution < 1.29 is 4.74 Å². The number of terminal acetylenes is 1. The minimum Gasteiger partial charge on any atom is -0.496 e. The third-order valence-electron chi connectivity index (χ3n) is 3.52. The first kappa shape index (κ1) is 13.8. The Morgan fingerprint density at radius 1 is 1.53 bits per heavy atom. The van der Waals surface area contributed by atoms with Crippen LogP contribution in [0.1, 0.15) is 31.4 Å². The zero-order chi connectivity index (χ0) is 13.8. The summed E-state index contributed by atoms with van der Waals surface area (Å²) in [6.45, 7) is 3.60. The predicted octanol–water partition coefficient (Wildman–Crippen LogP) is 2.56. The minimum absolute atomic E-state index is 0.0781. The summed E-state index contributed by atoms with van der Waals surface area (Å²) in [4.78, 5) is 2.25. The van der Waals surface area contributed by atoms with Gasteiger partial charge in [0.1, 0.15) is 5.75 Å². The third-order valence-corrected chi connectivity index (χ3v) is 3.52. The highest BCUT2D eigenvalue weighted by Crippen LogP contribution is 2.36. The Bertz CT molecular complexity index is 472. The first-order valence-electron chi connectivity index (χ1n) is 6.78. The Kier molecular flexibility index (Phi) is 4.34. The van der Waals surface area contributed by atoms with Crippen LogP contribution in [0.15, 0.2) is 18.2 Å². The summed E-state index contributed by atoms with van der Waals surface area (Å²) >= 11 is 0. The highest BCUT2D eigenvalue weighted by molar-refractivity contribution is 5.61. The van der Waals surface area contributed by atoms with Gasteiger partial charge in [0, 0.05) is 23.8 Å². The van der Waals surface area contributed by atoms with Crippen LogP contribution in [0.2, 0.25) is 0 Å². The summed E-state index contributed by atoms with van der Waals surface area (Å²) in [7, 11) is 1.68. The molecule has 1 aliphatic carbocycles. The molecule has 102 valence electrons. The van der Waals surface area contributed by atoms with Crippen LogP contribution in [-0.2, 0) is 0 Å². The van der Waals surface area contributed by atoms with Crippen molar-refractivity contribution in [1.82, 2.24) is 0 Å². The van der Waals surface area contributed by atoms with Crippen molar-refractivity contribution in [2.45, 2.75) is 25.8 Å². The molecular formula is C16H22N2O. The number of benzene rings is 1. The van der Waals surface area contributed by atoms with E-state index in [4.69, 9.17) is 16.9 Å². The number of hydrogen-bond acceptors (Lipinski definition) is 3. The van der Waals surface area contributed by atoms with Crippen LogP contribution in [0.3, 0.4) is 0 Å². The number of hydrogen-bond donors (Lipinski definition) is 1. The molecule has 1 aliphatic rings. The molecule has 1 fully saturated rings. The van der Waals surface area contributed by atoms with E-state index in [0.29, 0.717) is 6.54 Å². The van der Waals surface area contributed by atoms with Crippen LogP contribution in [-0.4, -0.2) is 20.2 Å². The van der Waals surface area contributed by atoms with Gasteiger partial charge in [-0.15, -0.1) is 6.42 Å². The molecule has 0 radical (unpaired) electrons. The maximum Gasteiger partial charge on any atom is 0.125 e. The lowest BCUT2D eigenvalue weighted by Crippen LogP contribution is -2.28. The monoisotopic (exact) mass is 258 g/mol. The van der Waals surface area contributed by atoms with E-state index in [0.717, 1.165) is 29.5 Å². The Balaban J connectivity index is 2.36. The van der Waals surface area contributed by atoms with Crippen LogP contribution in [0.4, 0.5) is 5.69 Å². The van der Waals surface area contributed by atoms with Gasteiger partial charge in [-0.25, -0.2) is 0 Å². The zero-order valence-corrected chi connectivity index (χ0v) is 11.7. The van der Waals surface area contributed by atoms with Crippen molar-refractivity contribution in [2.75, 3.05) is 25.1 Å². The molecule has 0 aliphatic heterocycles. The Labute approximate surface area is 115 Å². The molecule has 1 atom stereocenters. The van der Waals surface area contributed by atoms with E-state index in [1.54, 1.807) is 7.11 Å². The molecule has 0 bridgehead atoms. The second kappa shape index (κ2) is 5.99. The number of anilines is 1. The Hall–Kier alpha value is -1.66. The average Bonchev–Trinajstić information content (AvgIpc) is 3.21. The maximum atomic E-state index is 6.11. The minimum atomic E-state index is -0.0781. The van der Waals surface area contributed by atoms with Crippen molar-refractivity contribution in [3.63, 3.8) is 0 Å². The van der Waals surface area contributed by atoms with E-state index in [1.165, 1.54) is 12.8 Å². The molecule has 1 aromatic rings. The summed E-state index contributed by atoms with van der Waals surface area (Å²) in [6, 6.07) is 5.95. The van der Waals surface area contributed by atoms with Crippen molar-refractivity contribution in [3.8, 4) is 18.1 Å². The Morgan fingerprint density at radius 2 is 2.26 bits per heavy atom. The summed E-state index contributed by atoms with van der Waals surface area (Å²) in [5, 5.41) is 0. The number of nitrogens with zero attached hydrogens (tertiary/aromatic N) is 1. The first-order valence-corrected chi connectivity index (χ1v) is 6.78. The smallest absolute Gasteiger partial charge is 0.125 e. The van der Waals surface area contributed by atoms with E-state index in [2.05, 4.69) is 16.9 Å². The molecule has 3 heteroatoms. The fourth-order valence-electron chi connectivity index (χ4n) is 2.41. The van der Waals surface area contributed by atoms with Gasteiger partial charge in [-0.05, 0) is 37.8 Å². The van der Waals surface area contributed by atoms with Gasteiger partial charge < -0.3 is 15.4 Å². The lowest BCUT2D eigenvalue weighted by atomic mass is 10.0. The molecule has 1 unspecified atom stereocenters. The van der Waals surface area contributed by atoms with Crippen molar-refractivity contribution in [2.24, 2.45) is 11.7 Å². The largest absolute Gasteiger partial charge is 0.496 e. The SMILES string of the molecule is C#CCN(CC1CC1)c1cccc(OC)c1C(C)N. The molecular weight excluding hydrogens is 236 g/mol. The normalized spacial score (nSPS) is 15.7. The Morgan fingerprint density at radius 3 is 2.79 bits per heavy atom. The van der Waals surface area contributed by atoms with Gasteiger partial charge in [-0.3, -0.25) is 0 Å². The number of methoxy groups -OCH3 is 1. The van der Waals surface area contributed by atoms with Gasteiger partial charge in [0.25, 0.3) is 0 Å². The molecule has 1 saturated carbocycles. The number of ether oxygens (including phenoxy) is 1. The molecule has 2 N–H and O–H groups in total. The molecule has 19 heavy (non-hydrogen) atoms. The fraction of sp³-hybridized carbons (Fsp3) is 0.500. The van der Waals surface area contributed by atoms with Gasteiger partial charge in [0.2, 0.25) is 0 Å². The molecule has 0 amide bonds. The van der Waals surface area contributed by atoms with Crippen LogP contribution in [0, 0.1) is 18.3 Å². The van der Waals surface area contributed by atoms with Crippen LogP contribution >= 0.6 is 0 Å². The number of rotatable bonds is 6. The predicted molar refractivity (Wildman–Crippen MR) is 79.4 cm³/mol. The van der Waals surface area contributed by atoms with Gasteiger partial charge in [-0.1, -0.05) is 12.0 Å².